The van der Waals surface area contributed by atoms with Gasteiger partial charge in [0, 0.05) is 39.0 Å². The molecule has 0 radical (unpaired) electrons. The van der Waals surface area contributed by atoms with Crippen molar-refractivity contribution in [3.63, 3.8) is 0 Å². The average Bonchev–Trinajstić information content (AvgIpc) is 3.34. The summed E-state index contributed by atoms with van der Waals surface area (Å²) in [7, 11) is 0. The van der Waals surface area contributed by atoms with Crippen LogP contribution in [0.5, 0.6) is 0 Å². The molecule has 0 saturated carbocycles. The summed E-state index contributed by atoms with van der Waals surface area (Å²) in [6.07, 6.45) is -3.19. The Hall–Kier alpha value is -1.93. The summed E-state index contributed by atoms with van der Waals surface area (Å²) < 4.78 is 39.6. The summed E-state index contributed by atoms with van der Waals surface area (Å²) in [5, 5.41) is 14.3. The first-order valence-corrected chi connectivity index (χ1v) is 9.63. The molecule has 150 valence electrons. The van der Waals surface area contributed by atoms with Crippen LogP contribution in [0.4, 0.5) is 13.2 Å². The van der Waals surface area contributed by atoms with Crippen LogP contribution in [0.1, 0.15) is 16.7 Å². The maximum Gasteiger partial charge on any atom is 0.416 e. The van der Waals surface area contributed by atoms with Gasteiger partial charge in [-0.1, -0.05) is 48.5 Å². The third-order valence-corrected chi connectivity index (χ3v) is 5.72. The Kier molecular flexibility index (Phi) is 5.18. The van der Waals surface area contributed by atoms with Gasteiger partial charge < -0.3 is 0 Å². The Morgan fingerprint density at radius 2 is 1.18 bits per heavy atom. The highest BCUT2D eigenvalue weighted by atomic mass is 19.4. The summed E-state index contributed by atoms with van der Waals surface area (Å²) in [6.45, 7) is 3.14. The van der Waals surface area contributed by atoms with Gasteiger partial charge >= 0.3 is 6.18 Å². The van der Waals surface area contributed by atoms with Crippen molar-refractivity contribution in [3.8, 4) is 0 Å². The minimum absolute atomic E-state index is 0.434. The van der Waals surface area contributed by atoms with E-state index < -0.39 is 23.1 Å². The largest absolute Gasteiger partial charge is 0.416 e. The normalized spacial score (nSPS) is 21.1. The molecule has 2 aromatic carbocycles. The molecular formula is C21H25F3N4. The predicted octanol–water partition coefficient (Wildman–Crippen LogP) is 2.27. The fourth-order valence-electron chi connectivity index (χ4n) is 4.45. The highest BCUT2D eigenvalue weighted by Crippen LogP contribution is 2.33. The SMILES string of the molecule is FC(F)(F)c1cccc(CC2(C3(Cc4ccccc4)NCCN3)NCCN2)c1. The van der Waals surface area contributed by atoms with Crippen LogP contribution in [0.25, 0.3) is 0 Å². The van der Waals surface area contributed by atoms with E-state index in [1.54, 1.807) is 6.07 Å². The first-order chi connectivity index (χ1) is 13.4. The maximum atomic E-state index is 13.2. The van der Waals surface area contributed by atoms with Crippen LogP contribution in [0.2, 0.25) is 0 Å². The molecule has 0 aliphatic carbocycles. The van der Waals surface area contributed by atoms with E-state index in [2.05, 4.69) is 33.4 Å². The minimum Gasteiger partial charge on any atom is -0.295 e. The molecule has 2 saturated heterocycles. The van der Waals surface area contributed by atoms with Crippen molar-refractivity contribution in [2.75, 3.05) is 26.2 Å². The number of nitrogens with one attached hydrogen (secondary N) is 4. The van der Waals surface area contributed by atoms with Gasteiger partial charge in [0.25, 0.3) is 0 Å². The third kappa shape index (κ3) is 3.67. The predicted molar refractivity (Wildman–Crippen MR) is 103 cm³/mol. The number of halogens is 3. The van der Waals surface area contributed by atoms with E-state index in [0.717, 1.165) is 32.2 Å². The molecule has 4 rings (SSSR count). The van der Waals surface area contributed by atoms with Crippen molar-refractivity contribution >= 4 is 0 Å². The molecule has 0 amide bonds. The number of rotatable bonds is 5. The van der Waals surface area contributed by atoms with Crippen molar-refractivity contribution in [3.05, 3.63) is 71.3 Å². The Balaban J connectivity index is 1.68. The van der Waals surface area contributed by atoms with E-state index in [-0.39, 0.29) is 0 Å². The first-order valence-electron chi connectivity index (χ1n) is 9.63. The molecule has 7 heteroatoms. The molecule has 0 aromatic heterocycles. The smallest absolute Gasteiger partial charge is 0.295 e. The summed E-state index contributed by atoms with van der Waals surface area (Å²) in [5.41, 5.74) is 0.119. The lowest BCUT2D eigenvalue weighted by molar-refractivity contribution is -0.137. The van der Waals surface area contributed by atoms with E-state index in [1.807, 2.05) is 18.2 Å². The van der Waals surface area contributed by atoms with Crippen LogP contribution >= 0.6 is 0 Å². The zero-order valence-corrected chi connectivity index (χ0v) is 15.6. The Labute approximate surface area is 162 Å². The van der Waals surface area contributed by atoms with Gasteiger partial charge in [-0.25, -0.2) is 0 Å². The van der Waals surface area contributed by atoms with Crippen molar-refractivity contribution < 1.29 is 13.2 Å². The summed E-state index contributed by atoms with van der Waals surface area (Å²) in [5.74, 6) is 0. The lowest BCUT2D eigenvalue weighted by Crippen LogP contribution is -2.76. The lowest BCUT2D eigenvalue weighted by Gasteiger charge is -2.47. The summed E-state index contributed by atoms with van der Waals surface area (Å²) in [6, 6.07) is 15.8. The fraction of sp³-hybridized carbons (Fsp3) is 0.429. The highest BCUT2D eigenvalue weighted by molar-refractivity contribution is 5.31. The second-order valence-electron chi connectivity index (χ2n) is 7.56. The Bertz CT molecular complexity index is 795. The molecule has 0 spiro atoms. The van der Waals surface area contributed by atoms with E-state index in [1.165, 1.54) is 17.7 Å². The molecule has 2 fully saturated rings. The average molecular weight is 390 g/mol. The van der Waals surface area contributed by atoms with Gasteiger partial charge in [-0.3, -0.25) is 21.3 Å². The van der Waals surface area contributed by atoms with Gasteiger partial charge in [0.05, 0.1) is 5.56 Å². The summed E-state index contributed by atoms with van der Waals surface area (Å²) >= 11 is 0. The number of alkyl halides is 3. The quantitative estimate of drug-likeness (QED) is 0.633. The van der Waals surface area contributed by atoms with E-state index in [4.69, 9.17) is 0 Å². The molecule has 2 aliphatic rings. The monoisotopic (exact) mass is 390 g/mol. The summed E-state index contributed by atoms with van der Waals surface area (Å²) in [4.78, 5) is 0. The molecule has 0 atom stereocenters. The second kappa shape index (κ2) is 7.48. The van der Waals surface area contributed by atoms with E-state index in [9.17, 15) is 13.2 Å². The van der Waals surface area contributed by atoms with E-state index in [0.29, 0.717) is 18.4 Å². The van der Waals surface area contributed by atoms with Crippen molar-refractivity contribution in [2.45, 2.75) is 30.3 Å². The standard InChI is InChI=1S/C21H25F3N4/c22-21(23,24)18-8-4-7-17(13-18)15-20(27-11-12-28-20)19(25-9-10-26-19)14-16-5-2-1-3-6-16/h1-8,13,25-28H,9-12,14-15H2. The van der Waals surface area contributed by atoms with Crippen LogP contribution in [0.3, 0.4) is 0 Å². The topological polar surface area (TPSA) is 48.1 Å². The van der Waals surface area contributed by atoms with Gasteiger partial charge in [-0.15, -0.1) is 0 Å². The Morgan fingerprint density at radius 3 is 1.71 bits per heavy atom. The molecule has 0 bridgehead atoms. The van der Waals surface area contributed by atoms with Gasteiger partial charge in [0.2, 0.25) is 0 Å². The van der Waals surface area contributed by atoms with Crippen LogP contribution < -0.4 is 21.3 Å². The zero-order chi connectivity index (χ0) is 19.7. The minimum atomic E-state index is -4.34. The van der Waals surface area contributed by atoms with Crippen molar-refractivity contribution in [1.29, 1.82) is 0 Å². The Morgan fingerprint density at radius 1 is 0.679 bits per heavy atom. The molecule has 2 heterocycles. The van der Waals surface area contributed by atoms with Crippen LogP contribution in [0, 0.1) is 0 Å². The maximum absolute atomic E-state index is 13.2. The zero-order valence-electron chi connectivity index (χ0n) is 15.6. The van der Waals surface area contributed by atoms with Crippen LogP contribution in [0.15, 0.2) is 54.6 Å². The first kappa shape index (κ1) is 19.4. The number of hydrogen-bond donors (Lipinski definition) is 4. The molecule has 4 nitrogen and oxygen atoms in total. The van der Waals surface area contributed by atoms with Gasteiger partial charge in [-0.05, 0) is 17.2 Å². The van der Waals surface area contributed by atoms with Gasteiger partial charge in [0.1, 0.15) is 11.3 Å². The van der Waals surface area contributed by atoms with Crippen LogP contribution in [-0.4, -0.2) is 37.5 Å². The second-order valence-corrected chi connectivity index (χ2v) is 7.56. The van der Waals surface area contributed by atoms with Gasteiger partial charge in [0.15, 0.2) is 0 Å². The van der Waals surface area contributed by atoms with Crippen LogP contribution in [-0.2, 0) is 19.0 Å². The molecule has 0 unspecified atom stereocenters. The molecule has 4 N–H and O–H groups in total. The number of benzene rings is 2. The third-order valence-electron chi connectivity index (χ3n) is 5.72. The van der Waals surface area contributed by atoms with Crippen molar-refractivity contribution in [1.82, 2.24) is 21.3 Å². The molecule has 28 heavy (non-hydrogen) atoms. The van der Waals surface area contributed by atoms with Gasteiger partial charge in [-0.2, -0.15) is 13.2 Å². The van der Waals surface area contributed by atoms with E-state index >= 15 is 0 Å². The lowest BCUT2D eigenvalue weighted by atomic mass is 9.82. The fourth-order valence-corrected chi connectivity index (χ4v) is 4.45. The molecule has 2 aromatic rings. The molecule has 2 aliphatic heterocycles. The molecular weight excluding hydrogens is 365 g/mol. The highest BCUT2D eigenvalue weighted by Gasteiger charge is 2.54. The number of hydrogen-bond acceptors (Lipinski definition) is 4. The van der Waals surface area contributed by atoms with Crippen molar-refractivity contribution in [2.24, 2.45) is 0 Å².